The molecule has 0 saturated heterocycles. The van der Waals surface area contributed by atoms with Gasteiger partial charge in [-0.15, -0.1) is 0 Å². The van der Waals surface area contributed by atoms with E-state index in [2.05, 4.69) is 10.4 Å². The van der Waals surface area contributed by atoms with E-state index in [4.69, 9.17) is 9.47 Å². The van der Waals surface area contributed by atoms with Gasteiger partial charge in [0.15, 0.2) is 0 Å². The summed E-state index contributed by atoms with van der Waals surface area (Å²) in [6.45, 7) is 3.68. The molecule has 0 aliphatic heterocycles. The Morgan fingerprint density at radius 3 is 2.38 bits per heavy atom. The van der Waals surface area contributed by atoms with Crippen molar-refractivity contribution >= 4 is 17.3 Å². The summed E-state index contributed by atoms with van der Waals surface area (Å²) in [5.74, 6) is 1.01. The number of hydrogen-bond donors (Lipinski definition) is 1. The molecule has 9 nitrogen and oxygen atoms in total. The number of rotatable bonds is 7. The molecule has 1 N–H and O–H groups in total. The fourth-order valence-corrected chi connectivity index (χ4v) is 2.77. The number of non-ortho nitro benzene ring substituents is 1. The van der Waals surface area contributed by atoms with Crippen LogP contribution in [0, 0.1) is 24.0 Å². The Bertz CT molecular complexity index is 1040. The van der Waals surface area contributed by atoms with Gasteiger partial charge in [-0.3, -0.25) is 19.6 Å². The number of methoxy groups -OCH3 is 1. The van der Waals surface area contributed by atoms with E-state index in [0.29, 0.717) is 11.5 Å². The van der Waals surface area contributed by atoms with Crippen LogP contribution in [-0.2, 0) is 11.3 Å². The van der Waals surface area contributed by atoms with Crippen molar-refractivity contribution < 1.29 is 19.2 Å². The molecule has 0 spiro atoms. The Kier molecular flexibility index (Phi) is 5.77. The van der Waals surface area contributed by atoms with Crippen molar-refractivity contribution in [2.24, 2.45) is 0 Å². The molecule has 1 amide bonds. The summed E-state index contributed by atoms with van der Waals surface area (Å²) in [5, 5.41) is 18.2. The van der Waals surface area contributed by atoms with Crippen molar-refractivity contribution in [3.63, 3.8) is 0 Å². The molecule has 1 aromatic heterocycles. The van der Waals surface area contributed by atoms with E-state index >= 15 is 0 Å². The molecule has 0 aliphatic carbocycles. The lowest BCUT2D eigenvalue weighted by atomic mass is 10.2. The van der Waals surface area contributed by atoms with Gasteiger partial charge in [-0.25, -0.2) is 0 Å². The summed E-state index contributed by atoms with van der Waals surface area (Å²) in [4.78, 5) is 23.1. The smallest absolute Gasteiger partial charge is 0.275 e. The summed E-state index contributed by atoms with van der Waals surface area (Å²) in [6, 6.07) is 12.7. The standard InChI is InChI=1S/C20H20N4O5/c1-13-8-14(2)23(22-13)12-20(25)21-15-9-16(24(26)27)11-19(10-15)29-18-6-4-17(28-3)5-7-18/h4-11H,12H2,1-3H3,(H,21,25). The maximum absolute atomic E-state index is 12.4. The normalized spacial score (nSPS) is 10.4. The van der Waals surface area contributed by atoms with Crippen LogP contribution in [0.1, 0.15) is 11.4 Å². The van der Waals surface area contributed by atoms with Crippen LogP contribution >= 0.6 is 0 Å². The molecule has 3 rings (SSSR count). The first-order valence-corrected chi connectivity index (χ1v) is 8.76. The number of benzene rings is 2. The van der Waals surface area contributed by atoms with E-state index in [0.717, 1.165) is 11.4 Å². The van der Waals surface area contributed by atoms with Crippen LogP contribution < -0.4 is 14.8 Å². The fourth-order valence-electron chi connectivity index (χ4n) is 2.77. The SMILES string of the molecule is COc1ccc(Oc2cc(NC(=O)Cn3nc(C)cc3C)cc([N+](=O)[O-])c2)cc1. The van der Waals surface area contributed by atoms with Gasteiger partial charge in [0.2, 0.25) is 5.91 Å². The number of aryl methyl sites for hydroxylation is 2. The number of nitro groups is 1. The summed E-state index contributed by atoms with van der Waals surface area (Å²) in [6.07, 6.45) is 0. The van der Waals surface area contributed by atoms with Crippen molar-refractivity contribution in [1.82, 2.24) is 9.78 Å². The minimum Gasteiger partial charge on any atom is -0.497 e. The van der Waals surface area contributed by atoms with Gasteiger partial charge in [-0.05, 0) is 44.2 Å². The van der Waals surface area contributed by atoms with Crippen molar-refractivity contribution in [2.75, 3.05) is 12.4 Å². The predicted octanol–water partition coefficient (Wildman–Crippen LogP) is 3.85. The van der Waals surface area contributed by atoms with Gasteiger partial charge in [0.05, 0.1) is 29.5 Å². The molecule has 0 fully saturated rings. The lowest BCUT2D eigenvalue weighted by Crippen LogP contribution is -2.20. The van der Waals surface area contributed by atoms with Crippen LogP contribution in [0.15, 0.2) is 48.5 Å². The third-order valence-corrected chi connectivity index (χ3v) is 4.08. The van der Waals surface area contributed by atoms with E-state index in [1.54, 1.807) is 36.1 Å². The van der Waals surface area contributed by atoms with Crippen LogP contribution in [0.2, 0.25) is 0 Å². The number of amides is 1. The van der Waals surface area contributed by atoms with Crippen molar-refractivity contribution in [2.45, 2.75) is 20.4 Å². The van der Waals surface area contributed by atoms with E-state index < -0.39 is 4.92 Å². The number of hydrogen-bond acceptors (Lipinski definition) is 6. The second kappa shape index (κ2) is 8.42. The van der Waals surface area contributed by atoms with Gasteiger partial charge in [-0.2, -0.15) is 5.10 Å². The first kappa shape index (κ1) is 19.9. The molecule has 2 aromatic carbocycles. The predicted molar refractivity (Wildman–Crippen MR) is 106 cm³/mol. The monoisotopic (exact) mass is 396 g/mol. The lowest BCUT2D eigenvalue weighted by Gasteiger charge is -2.10. The minimum absolute atomic E-state index is 0.00294. The van der Waals surface area contributed by atoms with Gasteiger partial charge in [0, 0.05) is 17.8 Å². The van der Waals surface area contributed by atoms with Crippen LogP contribution in [0.3, 0.4) is 0 Å². The topological polar surface area (TPSA) is 109 Å². The largest absolute Gasteiger partial charge is 0.497 e. The highest BCUT2D eigenvalue weighted by molar-refractivity contribution is 5.91. The molecule has 0 unspecified atom stereocenters. The van der Waals surface area contributed by atoms with Crippen LogP contribution in [0.25, 0.3) is 0 Å². The fraction of sp³-hybridized carbons (Fsp3) is 0.200. The van der Waals surface area contributed by atoms with E-state index in [1.165, 1.54) is 18.2 Å². The Balaban J connectivity index is 1.79. The third kappa shape index (κ3) is 5.10. The molecule has 150 valence electrons. The zero-order valence-electron chi connectivity index (χ0n) is 16.2. The molecular weight excluding hydrogens is 376 g/mol. The van der Waals surface area contributed by atoms with Gasteiger partial charge in [0.25, 0.3) is 5.69 Å². The van der Waals surface area contributed by atoms with Crippen LogP contribution in [0.5, 0.6) is 17.2 Å². The van der Waals surface area contributed by atoms with Gasteiger partial charge < -0.3 is 14.8 Å². The Labute approximate surface area is 167 Å². The molecule has 29 heavy (non-hydrogen) atoms. The van der Waals surface area contributed by atoms with Gasteiger partial charge >= 0.3 is 0 Å². The van der Waals surface area contributed by atoms with E-state index in [9.17, 15) is 14.9 Å². The third-order valence-electron chi connectivity index (χ3n) is 4.08. The highest BCUT2D eigenvalue weighted by atomic mass is 16.6. The molecule has 0 saturated carbocycles. The zero-order chi connectivity index (χ0) is 21.0. The molecular formula is C20H20N4O5. The average molecular weight is 396 g/mol. The summed E-state index contributed by atoms with van der Waals surface area (Å²) in [7, 11) is 1.55. The van der Waals surface area contributed by atoms with Crippen molar-refractivity contribution in [3.05, 3.63) is 70.0 Å². The minimum atomic E-state index is -0.544. The molecule has 9 heteroatoms. The number of nitrogens with one attached hydrogen (secondary N) is 1. The summed E-state index contributed by atoms with van der Waals surface area (Å²) in [5.41, 5.74) is 1.72. The maximum Gasteiger partial charge on any atom is 0.275 e. The maximum atomic E-state index is 12.4. The zero-order valence-corrected chi connectivity index (χ0v) is 16.2. The first-order chi connectivity index (χ1) is 13.8. The lowest BCUT2D eigenvalue weighted by molar-refractivity contribution is -0.384. The number of carbonyl (C=O) groups excluding carboxylic acids is 1. The number of carbonyl (C=O) groups is 1. The second-order valence-corrected chi connectivity index (χ2v) is 6.38. The molecule has 1 heterocycles. The summed E-state index contributed by atoms with van der Waals surface area (Å²) < 4.78 is 12.4. The Morgan fingerprint density at radius 1 is 1.10 bits per heavy atom. The highest BCUT2D eigenvalue weighted by Gasteiger charge is 2.14. The Morgan fingerprint density at radius 2 is 1.79 bits per heavy atom. The summed E-state index contributed by atoms with van der Waals surface area (Å²) >= 11 is 0. The molecule has 0 aliphatic rings. The quantitative estimate of drug-likeness (QED) is 0.480. The number of nitrogens with zero attached hydrogens (tertiary/aromatic N) is 3. The first-order valence-electron chi connectivity index (χ1n) is 8.76. The van der Waals surface area contributed by atoms with E-state index in [-0.39, 0.29) is 29.6 Å². The van der Waals surface area contributed by atoms with Crippen LogP contribution in [0.4, 0.5) is 11.4 Å². The number of aromatic nitrogens is 2. The highest BCUT2D eigenvalue weighted by Crippen LogP contribution is 2.30. The molecule has 0 radical (unpaired) electrons. The molecule has 0 atom stereocenters. The number of ether oxygens (including phenoxy) is 2. The molecule has 3 aromatic rings. The van der Waals surface area contributed by atoms with Gasteiger partial charge in [-0.1, -0.05) is 0 Å². The number of nitro benzene ring substituents is 1. The van der Waals surface area contributed by atoms with Crippen molar-refractivity contribution in [3.8, 4) is 17.2 Å². The Hall–Kier alpha value is -3.88. The number of anilines is 1. The second-order valence-electron chi connectivity index (χ2n) is 6.38. The van der Waals surface area contributed by atoms with Gasteiger partial charge in [0.1, 0.15) is 23.8 Å². The average Bonchev–Trinajstić information content (AvgIpc) is 2.98. The van der Waals surface area contributed by atoms with Crippen LogP contribution in [-0.4, -0.2) is 27.7 Å². The van der Waals surface area contributed by atoms with E-state index in [1.807, 2.05) is 19.9 Å². The van der Waals surface area contributed by atoms with Crippen molar-refractivity contribution in [1.29, 1.82) is 0 Å². The molecule has 0 bridgehead atoms.